The molecule has 2 heterocycles. The van der Waals surface area contributed by atoms with Crippen molar-refractivity contribution < 1.29 is 4.79 Å². The van der Waals surface area contributed by atoms with Crippen LogP contribution in [0.5, 0.6) is 0 Å². The fourth-order valence-corrected chi connectivity index (χ4v) is 2.79. The number of hydrogen-bond acceptors (Lipinski definition) is 6. The Hall–Kier alpha value is -3.02. The molecule has 7 nitrogen and oxygen atoms in total. The highest BCUT2D eigenvalue weighted by molar-refractivity contribution is 7.18. The minimum Gasteiger partial charge on any atom is -0.306 e. The molecule has 118 valence electrons. The van der Waals surface area contributed by atoms with Gasteiger partial charge in [-0.2, -0.15) is 5.26 Å². The molecular weight excluding hydrogens is 348 g/mol. The Morgan fingerprint density at radius 1 is 1.17 bits per heavy atom. The number of aromatic nitrogens is 3. The highest BCUT2D eigenvalue weighted by Crippen LogP contribution is 2.26. The number of pyridine rings is 1. The van der Waals surface area contributed by atoms with Crippen LogP contribution in [0.1, 0.15) is 5.56 Å². The summed E-state index contributed by atoms with van der Waals surface area (Å²) in [5.74, 6) is 0. The zero-order valence-corrected chi connectivity index (χ0v) is 13.6. The average molecular weight is 357 g/mol. The number of halogens is 1. The zero-order valence-electron chi connectivity index (χ0n) is 12.0. The van der Waals surface area contributed by atoms with Crippen molar-refractivity contribution in [2.45, 2.75) is 0 Å². The highest BCUT2D eigenvalue weighted by Gasteiger charge is 2.11. The molecule has 0 saturated heterocycles. The second-order valence-corrected chi connectivity index (χ2v) is 5.92. The van der Waals surface area contributed by atoms with E-state index in [1.165, 1.54) is 17.4 Å². The van der Waals surface area contributed by atoms with Crippen LogP contribution in [0.2, 0.25) is 5.02 Å². The zero-order chi connectivity index (χ0) is 16.9. The van der Waals surface area contributed by atoms with Crippen molar-refractivity contribution in [3.63, 3.8) is 0 Å². The van der Waals surface area contributed by atoms with Crippen LogP contribution in [0.15, 0.2) is 42.7 Å². The molecular formula is C15H9ClN6OS. The van der Waals surface area contributed by atoms with Crippen LogP contribution in [0.4, 0.5) is 15.6 Å². The summed E-state index contributed by atoms with van der Waals surface area (Å²) in [4.78, 5) is 16.0. The fraction of sp³-hybridized carbons (Fsp3) is 0. The number of nitrogens with one attached hydrogen (secondary N) is 2. The number of urea groups is 1. The SMILES string of the molecule is N#Cc1ccc(NC(=O)Nc2nnc(-c3ccncc3)s2)c(Cl)c1. The standard InChI is InChI=1S/C15H9ClN6OS/c16-11-7-9(8-17)1-2-12(11)19-14(23)20-15-22-21-13(24-15)10-3-5-18-6-4-10/h1-7H,(H2,19,20,22,23). The summed E-state index contributed by atoms with van der Waals surface area (Å²) in [5, 5.41) is 23.2. The van der Waals surface area contributed by atoms with Gasteiger partial charge in [0.15, 0.2) is 0 Å². The van der Waals surface area contributed by atoms with E-state index in [1.54, 1.807) is 36.7 Å². The first kappa shape index (κ1) is 15.9. The molecule has 0 aliphatic rings. The van der Waals surface area contributed by atoms with Crippen molar-refractivity contribution in [3.8, 4) is 16.6 Å². The third-order valence-electron chi connectivity index (χ3n) is 2.92. The van der Waals surface area contributed by atoms with E-state index in [0.29, 0.717) is 21.4 Å². The topological polar surface area (TPSA) is 104 Å². The molecule has 3 aromatic rings. The van der Waals surface area contributed by atoms with Crippen LogP contribution in [-0.4, -0.2) is 21.2 Å². The van der Waals surface area contributed by atoms with E-state index >= 15 is 0 Å². The Morgan fingerprint density at radius 3 is 2.67 bits per heavy atom. The highest BCUT2D eigenvalue weighted by atomic mass is 35.5. The lowest BCUT2D eigenvalue weighted by atomic mass is 10.2. The van der Waals surface area contributed by atoms with Crippen LogP contribution >= 0.6 is 22.9 Å². The molecule has 2 N–H and O–H groups in total. The van der Waals surface area contributed by atoms with Crippen LogP contribution in [0, 0.1) is 11.3 Å². The largest absolute Gasteiger partial charge is 0.325 e. The van der Waals surface area contributed by atoms with Gasteiger partial charge < -0.3 is 5.32 Å². The molecule has 2 aromatic heterocycles. The molecule has 24 heavy (non-hydrogen) atoms. The van der Waals surface area contributed by atoms with Gasteiger partial charge in [-0.1, -0.05) is 22.9 Å². The van der Waals surface area contributed by atoms with Gasteiger partial charge in [0.05, 0.1) is 22.3 Å². The van der Waals surface area contributed by atoms with Gasteiger partial charge in [-0.25, -0.2) is 4.79 Å². The lowest BCUT2D eigenvalue weighted by Crippen LogP contribution is -2.19. The predicted octanol–water partition coefficient (Wildman–Crippen LogP) is 3.77. The number of amides is 2. The Morgan fingerprint density at radius 2 is 1.96 bits per heavy atom. The van der Waals surface area contributed by atoms with Crippen LogP contribution in [-0.2, 0) is 0 Å². The van der Waals surface area contributed by atoms with Crippen molar-refractivity contribution in [3.05, 3.63) is 53.3 Å². The van der Waals surface area contributed by atoms with Crippen molar-refractivity contribution in [1.29, 1.82) is 5.26 Å². The van der Waals surface area contributed by atoms with Gasteiger partial charge in [-0.05, 0) is 30.3 Å². The minimum absolute atomic E-state index is 0.277. The number of nitrogens with zero attached hydrogens (tertiary/aromatic N) is 4. The number of carbonyl (C=O) groups excluding carboxylic acids is 1. The maximum atomic E-state index is 12.0. The normalized spacial score (nSPS) is 10.0. The lowest BCUT2D eigenvalue weighted by Gasteiger charge is -2.07. The molecule has 0 unspecified atom stereocenters. The number of benzene rings is 1. The average Bonchev–Trinajstić information content (AvgIpc) is 3.06. The van der Waals surface area contributed by atoms with E-state index in [4.69, 9.17) is 16.9 Å². The maximum Gasteiger partial charge on any atom is 0.325 e. The third kappa shape index (κ3) is 3.65. The first-order valence-corrected chi connectivity index (χ1v) is 7.87. The van der Waals surface area contributed by atoms with Crippen LogP contribution < -0.4 is 10.6 Å². The molecule has 1 aromatic carbocycles. The second kappa shape index (κ2) is 7.04. The van der Waals surface area contributed by atoms with E-state index in [1.807, 2.05) is 6.07 Å². The second-order valence-electron chi connectivity index (χ2n) is 4.53. The molecule has 9 heteroatoms. The summed E-state index contributed by atoms with van der Waals surface area (Å²) in [6.07, 6.45) is 3.31. The number of hydrogen-bond donors (Lipinski definition) is 2. The molecule has 0 radical (unpaired) electrons. The van der Waals surface area contributed by atoms with Crippen molar-refractivity contribution in [2.24, 2.45) is 0 Å². The summed E-state index contributed by atoms with van der Waals surface area (Å²) in [6.45, 7) is 0. The molecule has 0 spiro atoms. The molecule has 0 bridgehead atoms. The van der Waals surface area contributed by atoms with E-state index in [2.05, 4.69) is 25.8 Å². The van der Waals surface area contributed by atoms with E-state index in [-0.39, 0.29) is 5.02 Å². The molecule has 0 atom stereocenters. The molecule has 3 rings (SSSR count). The van der Waals surface area contributed by atoms with Crippen molar-refractivity contribution in [2.75, 3.05) is 10.6 Å². The third-order valence-corrected chi connectivity index (χ3v) is 4.12. The Kier molecular flexibility index (Phi) is 4.65. The molecule has 0 aliphatic carbocycles. The fourth-order valence-electron chi connectivity index (χ4n) is 1.82. The van der Waals surface area contributed by atoms with Gasteiger partial charge in [0.1, 0.15) is 5.01 Å². The van der Waals surface area contributed by atoms with Crippen molar-refractivity contribution >= 4 is 39.8 Å². The first-order chi connectivity index (χ1) is 11.7. The number of rotatable bonds is 3. The van der Waals surface area contributed by atoms with E-state index in [0.717, 1.165) is 5.56 Å². The molecule has 0 aliphatic heterocycles. The quantitative estimate of drug-likeness (QED) is 0.743. The number of carbonyl (C=O) groups is 1. The van der Waals surface area contributed by atoms with Gasteiger partial charge >= 0.3 is 6.03 Å². The van der Waals surface area contributed by atoms with Crippen LogP contribution in [0.3, 0.4) is 0 Å². The monoisotopic (exact) mass is 356 g/mol. The first-order valence-electron chi connectivity index (χ1n) is 6.67. The van der Waals surface area contributed by atoms with Crippen LogP contribution in [0.25, 0.3) is 10.6 Å². The van der Waals surface area contributed by atoms with Gasteiger partial charge in [0.25, 0.3) is 0 Å². The predicted molar refractivity (Wildman–Crippen MR) is 91.9 cm³/mol. The molecule has 0 fully saturated rings. The summed E-state index contributed by atoms with van der Waals surface area (Å²) in [6, 6.07) is 9.68. The molecule has 0 saturated carbocycles. The van der Waals surface area contributed by atoms with Gasteiger partial charge in [-0.3, -0.25) is 10.3 Å². The van der Waals surface area contributed by atoms with Crippen molar-refractivity contribution in [1.82, 2.24) is 15.2 Å². The van der Waals surface area contributed by atoms with Gasteiger partial charge in [0.2, 0.25) is 5.13 Å². The Balaban J connectivity index is 1.68. The Bertz CT molecular complexity index is 921. The summed E-state index contributed by atoms with van der Waals surface area (Å²) < 4.78 is 0. The number of anilines is 2. The van der Waals surface area contributed by atoms with Gasteiger partial charge in [-0.15, -0.1) is 10.2 Å². The Labute approximate surface area is 146 Å². The summed E-state index contributed by atoms with van der Waals surface area (Å²) in [5.41, 5.74) is 1.68. The lowest BCUT2D eigenvalue weighted by molar-refractivity contribution is 0.262. The smallest absolute Gasteiger partial charge is 0.306 e. The van der Waals surface area contributed by atoms with E-state index in [9.17, 15) is 4.79 Å². The summed E-state index contributed by atoms with van der Waals surface area (Å²) in [7, 11) is 0. The molecule has 2 amide bonds. The minimum atomic E-state index is -0.501. The van der Waals surface area contributed by atoms with Gasteiger partial charge in [0, 0.05) is 18.0 Å². The van der Waals surface area contributed by atoms with E-state index < -0.39 is 6.03 Å². The number of nitriles is 1. The summed E-state index contributed by atoms with van der Waals surface area (Å²) >= 11 is 7.25. The maximum absolute atomic E-state index is 12.0.